The second-order valence-electron chi connectivity index (χ2n) is 6.51. The fourth-order valence-electron chi connectivity index (χ4n) is 3.18. The Morgan fingerprint density at radius 1 is 1.32 bits per heavy atom. The fourth-order valence-corrected chi connectivity index (χ4v) is 3.18. The average molecular weight is 303 g/mol. The van der Waals surface area contributed by atoms with Crippen LogP contribution in [-0.4, -0.2) is 40.1 Å². The molecule has 1 aromatic rings. The molecule has 2 aliphatic rings. The van der Waals surface area contributed by atoms with Crippen molar-refractivity contribution in [2.24, 2.45) is 5.41 Å². The van der Waals surface area contributed by atoms with Gasteiger partial charge < -0.3 is 10.0 Å². The van der Waals surface area contributed by atoms with Crippen LogP contribution in [-0.2, 0) is 17.6 Å². The molecule has 1 aliphatic carbocycles. The molecule has 2 heterocycles. The first-order valence-corrected chi connectivity index (χ1v) is 7.75. The zero-order chi connectivity index (χ0) is 15.7. The molecule has 3 rings (SSSR count). The number of carboxylic acid groups (broad SMARTS) is 1. The average Bonchev–Trinajstić information content (AvgIpc) is 2.91. The van der Waals surface area contributed by atoms with Crippen molar-refractivity contribution in [1.29, 1.82) is 0 Å². The van der Waals surface area contributed by atoms with E-state index in [4.69, 9.17) is 0 Å². The summed E-state index contributed by atoms with van der Waals surface area (Å²) in [6.45, 7) is 2.37. The van der Waals surface area contributed by atoms with E-state index in [9.17, 15) is 14.7 Å². The Kier molecular flexibility index (Phi) is 3.76. The smallest absolute Gasteiger partial charge is 0.323 e. The number of urea groups is 1. The van der Waals surface area contributed by atoms with Gasteiger partial charge in [-0.05, 0) is 56.2 Å². The first-order valence-electron chi connectivity index (χ1n) is 7.75. The molecule has 1 aromatic heterocycles. The monoisotopic (exact) mass is 303 g/mol. The number of anilines is 1. The Bertz CT molecular complexity index is 617. The number of carbonyl (C=O) groups is 2. The standard InChI is InChI=1S/C16H21N3O3/c1-16(14(20)21)6-7-19(10-16)15(22)18-13-8-11-4-2-3-5-12(11)9-17-13/h8-9H,2-7,10H2,1H3,(H,20,21)(H,17,18,22). The Morgan fingerprint density at radius 2 is 2.05 bits per heavy atom. The minimum absolute atomic E-state index is 0.235. The third kappa shape index (κ3) is 2.77. The minimum Gasteiger partial charge on any atom is -0.481 e. The Hall–Kier alpha value is -2.11. The van der Waals surface area contributed by atoms with Gasteiger partial charge in [0.2, 0.25) is 0 Å². The lowest BCUT2D eigenvalue weighted by Gasteiger charge is -2.21. The number of carboxylic acids is 1. The molecule has 0 saturated carbocycles. The van der Waals surface area contributed by atoms with Gasteiger partial charge in [0.1, 0.15) is 5.82 Å². The van der Waals surface area contributed by atoms with Crippen LogP contribution in [0.4, 0.5) is 10.6 Å². The quantitative estimate of drug-likeness (QED) is 0.878. The van der Waals surface area contributed by atoms with Crippen molar-refractivity contribution in [1.82, 2.24) is 9.88 Å². The van der Waals surface area contributed by atoms with Crippen LogP contribution < -0.4 is 5.32 Å². The predicted octanol–water partition coefficient (Wildman–Crippen LogP) is 2.29. The van der Waals surface area contributed by atoms with Crippen LogP contribution >= 0.6 is 0 Å². The summed E-state index contributed by atoms with van der Waals surface area (Å²) in [6.07, 6.45) is 6.78. The molecule has 22 heavy (non-hydrogen) atoms. The molecule has 1 aliphatic heterocycles. The number of aromatic nitrogens is 1. The van der Waals surface area contributed by atoms with Gasteiger partial charge in [0.15, 0.2) is 0 Å². The van der Waals surface area contributed by atoms with Gasteiger partial charge in [0, 0.05) is 19.3 Å². The summed E-state index contributed by atoms with van der Waals surface area (Å²) in [5.74, 6) is -0.302. The van der Waals surface area contributed by atoms with E-state index < -0.39 is 11.4 Å². The van der Waals surface area contributed by atoms with Crippen molar-refractivity contribution >= 4 is 17.8 Å². The van der Waals surface area contributed by atoms with Gasteiger partial charge in [0.05, 0.1) is 5.41 Å². The lowest BCUT2D eigenvalue weighted by atomic mass is 9.90. The second-order valence-corrected chi connectivity index (χ2v) is 6.51. The first kappa shape index (κ1) is 14.8. The van der Waals surface area contributed by atoms with Gasteiger partial charge in [-0.2, -0.15) is 0 Å². The minimum atomic E-state index is -0.852. The van der Waals surface area contributed by atoms with Gasteiger partial charge in [-0.1, -0.05) is 0 Å². The summed E-state index contributed by atoms with van der Waals surface area (Å²) in [6, 6.07) is 1.67. The van der Waals surface area contributed by atoms with Crippen LogP contribution in [0.3, 0.4) is 0 Å². The third-order valence-electron chi connectivity index (χ3n) is 4.74. The van der Waals surface area contributed by atoms with E-state index in [-0.39, 0.29) is 12.6 Å². The van der Waals surface area contributed by atoms with Crippen LogP contribution in [0.25, 0.3) is 0 Å². The molecule has 0 bridgehead atoms. The number of rotatable bonds is 2. The number of amides is 2. The van der Waals surface area contributed by atoms with E-state index in [1.165, 1.54) is 24.0 Å². The topological polar surface area (TPSA) is 82.5 Å². The molecule has 118 valence electrons. The number of hydrogen-bond donors (Lipinski definition) is 2. The van der Waals surface area contributed by atoms with Crippen molar-refractivity contribution in [3.05, 3.63) is 23.4 Å². The maximum atomic E-state index is 12.3. The Morgan fingerprint density at radius 3 is 2.73 bits per heavy atom. The third-order valence-corrected chi connectivity index (χ3v) is 4.74. The highest BCUT2D eigenvalue weighted by molar-refractivity contribution is 5.89. The van der Waals surface area contributed by atoms with Crippen LogP contribution in [0, 0.1) is 5.41 Å². The molecule has 1 fully saturated rings. The largest absolute Gasteiger partial charge is 0.481 e. The number of nitrogens with one attached hydrogen (secondary N) is 1. The highest BCUT2D eigenvalue weighted by atomic mass is 16.4. The maximum absolute atomic E-state index is 12.3. The van der Waals surface area contributed by atoms with E-state index in [1.807, 2.05) is 12.3 Å². The van der Waals surface area contributed by atoms with Gasteiger partial charge in [-0.15, -0.1) is 0 Å². The molecule has 1 unspecified atom stereocenters. The van der Waals surface area contributed by atoms with E-state index in [0.717, 1.165) is 12.8 Å². The fraction of sp³-hybridized carbons (Fsp3) is 0.562. The van der Waals surface area contributed by atoms with Crippen LogP contribution in [0.5, 0.6) is 0 Å². The lowest BCUT2D eigenvalue weighted by molar-refractivity contribution is -0.146. The second kappa shape index (κ2) is 5.59. The normalized spacial score (nSPS) is 24.0. The van der Waals surface area contributed by atoms with E-state index in [1.54, 1.807) is 11.8 Å². The van der Waals surface area contributed by atoms with Crippen molar-refractivity contribution in [3.63, 3.8) is 0 Å². The molecular weight excluding hydrogens is 282 g/mol. The molecule has 1 atom stereocenters. The summed E-state index contributed by atoms with van der Waals surface area (Å²) < 4.78 is 0. The first-order chi connectivity index (χ1) is 10.5. The van der Waals surface area contributed by atoms with Crippen molar-refractivity contribution < 1.29 is 14.7 Å². The van der Waals surface area contributed by atoms with E-state index in [2.05, 4.69) is 10.3 Å². The number of hydrogen-bond acceptors (Lipinski definition) is 3. The maximum Gasteiger partial charge on any atom is 0.323 e. The van der Waals surface area contributed by atoms with Crippen molar-refractivity contribution in [2.75, 3.05) is 18.4 Å². The molecular formula is C16H21N3O3. The number of aliphatic carboxylic acids is 1. The number of pyridine rings is 1. The summed E-state index contributed by atoms with van der Waals surface area (Å²) >= 11 is 0. The lowest BCUT2D eigenvalue weighted by Crippen LogP contribution is -2.37. The van der Waals surface area contributed by atoms with Gasteiger partial charge in [0.25, 0.3) is 0 Å². The highest BCUT2D eigenvalue weighted by Gasteiger charge is 2.42. The van der Waals surface area contributed by atoms with Crippen LogP contribution in [0.15, 0.2) is 12.3 Å². The van der Waals surface area contributed by atoms with Gasteiger partial charge in [-0.25, -0.2) is 9.78 Å². The summed E-state index contributed by atoms with van der Waals surface area (Å²) in [4.78, 5) is 29.4. The zero-order valence-electron chi connectivity index (χ0n) is 12.8. The van der Waals surface area contributed by atoms with Crippen molar-refractivity contribution in [2.45, 2.75) is 39.0 Å². The molecule has 0 spiro atoms. The van der Waals surface area contributed by atoms with Crippen LogP contribution in [0.2, 0.25) is 0 Å². The SMILES string of the molecule is CC1(C(=O)O)CCN(C(=O)Nc2cc3c(cn2)CCCC3)C1. The number of carbonyl (C=O) groups excluding carboxylic acids is 1. The highest BCUT2D eigenvalue weighted by Crippen LogP contribution is 2.30. The van der Waals surface area contributed by atoms with Crippen LogP contribution in [0.1, 0.15) is 37.3 Å². The molecule has 0 radical (unpaired) electrons. The van der Waals surface area contributed by atoms with E-state index in [0.29, 0.717) is 18.8 Å². The van der Waals surface area contributed by atoms with E-state index >= 15 is 0 Å². The molecule has 6 nitrogen and oxygen atoms in total. The van der Waals surface area contributed by atoms with Gasteiger partial charge in [-0.3, -0.25) is 10.1 Å². The molecule has 2 N–H and O–H groups in total. The zero-order valence-corrected chi connectivity index (χ0v) is 12.8. The number of aryl methyl sites for hydroxylation is 2. The summed E-state index contributed by atoms with van der Waals surface area (Å²) in [5.41, 5.74) is 1.68. The number of nitrogens with zero attached hydrogens (tertiary/aromatic N) is 2. The Balaban J connectivity index is 1.66. The van der Waals surface area contributed by atoms with Gasteiger partial charge >= 0.3 is 12.0 Å². The molecule has 6 heteroatoms. The summed E-state index contributed by atoms with van der Waals surface area (Å²) in [5, 5.41) is 12.0. The number of fused-ring (bicyclic) bond motifs is 1. The summed E-state index contributed by atoms with van der Waals surface area (Å²) in [7, 11) is 0. The molecule has 2 amide bonds. The van der Waals surface area contributed by atoms with Crippen molar-refractivity contribution in [3.8, 4) is 0 Å². The Labute approximate surface area is 129 Å². The molecule has 1 saturated heterocycles. The molecule has 0 aromatic carbocycles. The predicted molar refractivity (Wildman–Crippen MR) is 81.8 cm³/mol. The number of likely N-dealkylation sites (tertiary alicyclic amines) is 1.